The summed E-state index contributed by atoms with van der Waals surface area (Å²) >= 11 is 0. The molecule has 0 aliphatic heterocycles. The summed E-state index contributed by atoms with van der Waals surface area (Å²) in [4.78, 5) is 16.4. The quantitative estimate of drug-likeness (QED) is 0.644. The van der Waals surface area contributed by atoms with Crippen molar-refractivity contribution in [1.29, 1.82) is 0 Å². The van der Waals surface area contributed by atoms with Crippen LogP contribution in [0, 0.1) is 5.92 Å². The van der Waals surface area contributed by atoms with Gasteiger partial charge < -0.3 is 15.5 Å². The predicted molar refractivity (Wildman–Crippen MR) is 88.6 cm³/mol. The molecule has 0 aromatic carbocycles. The van der Waals surface area contributed by atoms with Gasteiger partial charge in [-0.3, -0.25) is 4.79 Å². The van der Waals surface area contributed by atoms with Crippen LogP contribution in [0.25, 0.3) is 0 Å². The van der Waals surface area contributed by atoms with Crippen LogP contribution < -0.4 is 11.1 Å². The second-order valence-electron chi connectivity index (χ2n) is 6.21. The molecule has 0 saturated carbocycles. The Labute approximate surface area is 134 Å². The zero-order valence-corrected chi connectivity index (χ0v) is 14.4. The maximum absolute atomic E-state index is 12.1. The van der Waals surface area contributed by atoms with E-state index in [1.54, 1.807) is 0 Å². The van der Waals surface area contributed by atoms with Gasteiger partial charge in [0.1, 0.15) is 6.26 Å². The van der Waals surface area contributed by atoms with Crippen molar-refractivity contribution in [3.8, 4) is 0 Å². The normalized spacial score (nSPS) is 15.3. The summed E-state index contributed by atoms with van der Waals surface area (Å²) in [7, 11) is 0. The Bertz CT molecular complexity index is 445. The fourth-order valence-electron chi connectivity index (χ4n) is 2.29. The number of hydrogen-bond donors (Lipinski definition) is 2. The first kappa shape index (κ1) is 18.7. The maximum atomic E-state index is 12.1. The minimum Gasteiger partial charge on any atom is -0.446 e. The minimum absolute atomic E-state index is 0.146. The standard InChI is InChI=1S/C17H31N3O2/c1-5-7-8-9-10-13(4)19-16(21)14-11-22-17(20-14)15(18)12(3)6-2/h11-13,15H,5-10,18H2,1-4H3,(H,19,21). The van der Waals surface area contributed by atoms with Crippen molar-refractivity contribution in [2.45, 2.75) is 78.3 Å². The molecule has 1 heterocycles. The molecule has 1 aromatic heterocycles. The smallest absolute Gasteiger partial charge is 0.273 e. The van der Waals surface area contributed by atoms with Crippen molar-refractivity contribution >= 4 is 5.91 Å². The number of unbranched alkanes of at least 4 members (excludes halogenated alkanes) is 3. The number of aromatic nitrogens is 1. The zero-order chi connectivity index (χ0) is 16.5. The summed E-state index contributed by atoms with van der Waals surface area (Å²) in [6.45, 7) is 8.33. The second-order valence-corrected chi connectivity index (χ2v) is 6.21. The summed E-state index contributed by atoms with van der Waals surface area (Å²) in [5.41, 5.74) is 6.38. The Morgan fingerprint density at radius 1 is 1.32 bits per heavy atom. The van der Waals surface area contributed by atoms with Gasteiger partial charge in [0.15, 0.2) is 5.69 Å². The lowest BCUT2D eigenvalue weighted by Crippen LogP contribution is -2.32. The number of nitrogens with zero attached hydrogens (tertiary/aromatic N) is 1. The zero-order valence-electron chi connectivity index (χ0n) is 14.4. The first-order valence-electron chi connectivity index (χ1n) is 8.51. The fraction of sp³-hybridized carbons (Fsp3) is 0.765. The van der Waals surface area contributed by atoms with Crippen LogP contribution in [0.15, 0.2) is 10.7 Å². The number of nitrogens with two attached hydrogens (primary N) is 1. The van der Waals surface area contributed by atoms with E-state index >= 15 is 0 Å². The van der Waals surface area contributed by atoms with Gasteiger partial charge in [-0.2, -0.15) is 0 Å². The molecule has 126 valence electrons. The Morgan fingerprint density at radius 3 is 2.68 bits per heavy atom. The van der Waals surface area contributed by atoms with Crippen molar-refractivity contribution in [2.75, 3.05) is 0 Å². The molecule has 5 heteroatoms. The highest BCUT2D eigenvalue weighted by Crippen LogP contribution is 2.21. The molecule has 1 rings (SSSR count). The van der Waals surface area contributed by atoms with E-state index in [1.807, 2.05) is 13.8 Å². The molecule has 3 N–H and O–H groups in total. The Kier molecular flexibility index (Phi) is 8.17. The summed E-state index contributed by atoms with van der Waals surface area (Å²) in [5.74, 6) is 0.525. The summed E-state index contributed by atoms with van der Waals surface area (Å²) < 4.78 is 5.37. The molecule has 1 aromatic rings. The molecular formula is C17H31N3O2. The van der Waals surface area contributed by atoms with Crippen molar-refractivity contribution in [1.82, 2.24) is 10.3 Å². The largest absolute Gasteiger partial charge is 0.446 e. The number of nitrogens with one attached hydrogen (secondary N) is 1. The summed E-state index contributed by atoms with van der Waals surface area (Å²) in [5, 5.41) is 2.97. The van der Waals surface area contributed by atoms with Crippen LogP contribution in [0.2, 0.25) is 0 Å². The number of hydrogen-bond acceptors (Lipinski definition) is 4. The van der Waals surface area contributed by atoms with Gasteiger partial charge in [-0.25, -0.2) is 4.98 Å². The number of oxazole rings is 1. The van der Waals surface area contributed by atoms with Gasteiger partial charge in [-0.1, -0.05) is 52.9 Å². The lowest BCUT2D eigenvalue weighted by molar-refractivity contribution is 0.0932. The van der Waals surface area contributed by atoms with Crippen molar-refractivity contribution in [2.24, 2.45) is 11.7 Å². The molecule has 0 radical (unpaired) electrons. The van der Waals surface area contributed by atoms with Crippen molar-refractivity contribution in [3.63, 3.8) is 0 Å². The van der Waals surface area contributed by atoms with Gasteiger partial charge in [-0.05, 0) is 19.3 Å². The first-order chi connectivity index (χ1) is 10.5. The van der Waals surface area contributed by atoms with Crippen LogP contribution in [-0.4, -0.2) is 16.9 Å². The second kappa shape index (κ2) is 9.62. The lowest BCUT2D eigenvalue weighted by Gasteiger charge is -2.14. The molecular weight excluding hydrogens is 278 g/mol. The molecule has 0 saturated heterocycles. The maximum Gasteiger partial charge on any atom is 0.273 e. The predicted octanol–water partition coefficient (Wildman–Crippen LogP) is 3.81. The van der Waals surface area contributed by atoms with Crippen LogP contribution in [0.5, 0.6) is 0 Å². The molecule has 22 heavy (non-hydrogen) atoms. The van der Waals surface area contributed by atoms with E-state index in [0.717, 1.165) is 19.3 Å². The number of carbonyl (C=O) groups excluding carboxylic acids is 1. The number of carbonyl (C=O) groups is 1. The van der Waals surface area contributed by atoms with Gasteiger partial charge in [0.05, 0.1) is 6.04 Å². The van der Waals surface area contributed by atoms with Crippen LogP contribution in [0.1, 0.15) is 88.6 Å². The Hall–Kier alpha value is -1.36. The summed E-state index contributed by atoms with van der Waals surface area (Å²) in [6.07, 6.45) is 8.16. The van der Waals surface area contributed by atoms with Gasteiger partial charge >= 0.3 is 0 Å². The van der Waals surface area contributed by atoms with Crippen LogP contribution >= 0.6 is 0 Å². The fourth-order valence-corrected chi connectivity index (χ4v) is 2.29. The van der Waals surface area contributed by atoms with Crippen LogP contribution in [0.4, 0.5) is 0 Å². The third-order valence-corrected chi connectivity index (χ3v) is 4.16. The third-order valence-electron chi connectivity index (χ3n) is 4.16. The monoisotopic (exact) mass is 309 g/mol. The molecule has 0 fully saturated rings. The van der Waals surface area contributed by atoms with Crippen LogP contribution in [0.3, 0.4) is 0 Å². The highest BCUT2D eigenvalue weighted by atomic mass is 16.3. The van der Waals surface area contributed by atoms with Gasteiger partial charge in [0, 0.05) is 6.04 Å². The first-order valence-corrected chi connectivity index (χ1v) is 8.51. The van der Waals surface area contributed by atoms with Gasteiger partial charge in [-0.15, -0.1) is 0 Å². The van der Waals surface area contributed by atoms with E-state index in [2.05, 4.69) is 24.1 Å². The molecule has 3 atom stereocenters. The average Bonchev–Trinajstić information content (AvgIpc) is 3.00. The average molecular weight is 309 g/mol. The van der Waals surface area contributed by atoms with E-state index in [0.29, 0.717) is 11.6 Å². The molecule has 0 bridgehead atoms. The molecule has 0 aliphatic carbocycles. The van der Waals surface area contributed by atoms with E-state index in [1.165, 1.54) is 25.5 Å². The SMILES string of the molecule is CCCCCCC(C)NC(=O)c1coc(C(N)C(C)CC)n1. The van der Waals surface area contributed by atoms with E-state index in [4.69, 9.17) is 10.2 Å². The van der Waals surface area contributed by atoms with Gasteiger partial charge in [0.2, 0.25) is 5.89 Å². The topological polar surface area (TPSA) is 81.2 Å². The molecule has 3 unspecified atom stereocenters. The lowest BCUT2D eigenvalue weighted by atomic mass is 10.0. The molecule has 5 nitrogen and oxygen atoms in total. The highest BCUT2D eigenvalue weighted by Gasteiger charge is 2.21. The summed E-state index contributed by atoms with van der Waals surface area (Å²) in [6, 6.07) is -0.120. The van der Waals surface area contributed by atoms with E-state index in [9.17, 15) is 4.79 Å². The van der Waals surface area contributed by atoms with Gasteiger partial charge in [0.25, 0.3) is 5.91 Å². The minimum atomic E-state index is -0.266. The van der Waals surface area contributed by atoms with E-state index < -0.39 is 0 Å². The van der Waals surface area contributed by atoms with Crippen LogP contribution in [-0.2, 0) is 0 Å². The highest BCUT2D eigenvalue weighted by molar-refractivity contribution is 5.92. The van der Waals surface area contributed by atoms with E-state index in [-0.39, 0.29) is 23.9 Å². The van der Waals surface area contributed by atoms with Crippen molar-refractivity contribution < 1.29 is 9.21 Å². The molecule has 0 aliphatic rings. The molecule has 0 spiro atoms. The third kappa shape index (κ3) is 5.79. The Balaban J connectivity index is 2.47. The number of rotatable bonds is 10. The Morgan fingerprint density at radius 2 is 2.05 bits per heavy atom. The number of amides is 1. The molecule has 1 amide bonds. The van der Waals surface area contributed by atoms with Crippen molar-refractivity contribution in [3.05, 3.63) is 17.8 Å².